The number of carbonyl (C=O) groups excluding carboxylic acids is 1. The lowest BCUT2D eigenvalue weighted by atomic mass is 10.1. The van der Waals surface area contributed by atoms with E-state index in [0.29, 0.717) is 18.7 Å². The van der Waals surface area contributed by atoms with Crippen LogP contribution in [0.2, 0.25) is 0 Å². The van der Waals surface area contributed by atoms with Crippen LogP contribution in [0.4, 0.5) is 0 Å². The summed E-state index contributed by atoms with van der Waals surface area (Å²) in [6.45, 7) is 1.10. The van der Waals surface area contributed by atoms with Crippen LogP contribution in [0.15, 0.2) is 49.1 Å². The Bertz CT molecular complexity index is 648. The number of carboxylic acid groups (broad SMARTS) is 1. The van der Waals surface area contributed by atoms with E-state index in [2.05, 4.69) is 10.3 Å². The minimum Gasteiger partial charge on any atom is -0.478 e. The first-order valence-electron chi connectivity index (χ1n) is 6.41. The summed E-state index contributed by atoms with van der Waals surface area (Å²) in [6, 6.07) is 6.52. The molecule has 0 aliphatic heterocycles. The van der Waals surface area contributed by atoms with E-state index in [1.165, 1.54) is 18.2 Å². The number of rotatable bonds is 6. The summed E-state index contributed by atoms with van der Waals surface area (Å²) in [5.41, 5.74) is 0.662. The van der Waals surface area contributed by atoms with Crippen molar-refractivity contribution in [2.75, 3.05) is 6.54 Å². The summed E-state index contributed by atoms with van der Waals surface area (Å²) in [5.74, 6) is -1.29. The van der Waals surface area contributed by atoms with E-state index in [1.807, 2.05) is 10.8 Å². The summed E-state index contributed by atoms with van der Waals surface area (Å²) in [7, 11) is 0. The molecule has 1 amide bonds. The van der Waals surface area contributed by atoms with E-state index in [0.717, 1.165) is 0 Å². The molecule has 1 aromatic carbocycles. The number of carbonyl (C=O) groups is 2. The van der Waals surface area contributed by atoms with Crippen molar-refractivity contribution in [3.05, 3.63) is 60.2 Å². The minimum atomic E-state index is -1.02. The fourth-order valence-electron chi connectivity index (χ4n) is 1.79. The van der Waals surface area contributed by atoms with Gasteiger partial charge in [0.2, 0.25) is 5.91 Å². The van der Waals surface area contributed by atoms with Crippen molar-refractivity contribution >= 4 is 18.0 Å². The van der Waals surface area contributed by atoms with Crippen molar-refractivity contribution in [2.24, 2.45) is 0 Å². The van der Waals surface area contributed by atoms with Gasteiger partial charge >= 0.3 is 5.97 Å². The summed E-state index contributed by atoms with van der Waals surface area (Å²) < 4.78 is 1.85. The number of hydrogen-bond donors (Lipinski definition) is 2. The molecule has 0 atom stereocenters. The van der Waals surface area contributed by atoms with E-state index >= 15 is 0 Å². The number of nitrogens with one attached hydrogen (secondary N) is 1. The number of benzene rings is 1. The second-order valence-electron chi connectivity index (χ2n) is 4.32. The predicted molar refractivity (Wildman–Crippen MR) is 77.7 cm³/mol. The van der Waals surface area contributed by atoms with Gasteiger partial charge in [-0.1, -0.05) is 18.2 Å². The highest BCUT2D eigenvalue weighted by Gasteiger charge is 2.06. The van der Waals surface area contributed by atoms with Crippen LogP contribution in [0.1, 0.15) is 15.9 Å². The van der Waals surface area contributed by atoms with Gasteiger partial charge in [-0.3, -0.25) is 4.79 Å². The molecular weight excluding hydrogens is 270 g/mol. The molecule has 0 unspecified atom stereocenters. The summed E-state index contributed by atoms with van der Waals surface area (Å²) in [4.78, 5) is 26.6. The Balaban J connectivity index is 1.89. The smallest absolute Gasteiger partial charge is 0.336 e. The van der Waals surface area contributed by atoms with Crippen LogP contribution in [-0.4, -0.2) is 33.1 Å². The second-order valence-corrected chi connectivity index (χ2v) is 4.32. The molecule has 0 radical (unpaired) electrons. The van der Waals surface area contributed by atoms with Gasteiger partial charge in [0.1, 0.15) is 0 Å². The lowest BCUT2D eigenvalue weighted by Gasteiger charge is -2.03. The first kappa shape index (κ1) is 14.5. The normalized spacial score (nSPS) is 10.7. The molecule has 0 aliphatic rings. The zero-order valence-corrected chi connectivity index (χ0v) is 11.3. The van der Waals surface area contributed by atoms with Crippen LogP contribution in [0.3, 0.4) is 0 Å². The largest absolute Gasteiger partial charge is 0.478 e. The van der Waals surface area contributed by atoms with Crippen LogP contribution in [0, 0.1) is 0 Å². The Morgan fingerprint density at radius 3 is 2.86 bits per heavy atom. The van der Waals surface area contributed by atoms with Crippen molar-refractivity contribution in [1.82, 2.24) is 14.9 Å². The van der Waals surface area contributed by atoms with Crippen LogP contribution >= 0.6 is 0 Å². The molecule has 1 aromatic heterocycles. The highest BCUT2D eigenvalue weighted by atomic mass is 16.4. The first-order chi connectivity index (χ1) is 10.2. The maximum absolute atomic E-state index is 11.7. The molecule has 0 aliphatic carbocycles. The molecule has 2 N–H and O–H groups in total. The molecule has 1 heterocycles. The molecular formula is C15H15N3O3. The van der Waals surface area contributed by atoms with Crippen LogP contribution in [0.5, 0.6) is 0 Å². The van der Waals surface area contributed by atoms with Crippen molar-refractivity contribution in [3.8, 4) is 0 Å². The number of aromatic nitrogens is 2. The molecule has 0 saturated heterocycles. The number of aromatic carboxylic acids is 1. The standard InChI is InChI=1S/C15H15N3O3/c19-14(17-8-10-18-9-7-16-11-18)6-5-12-3-1-2-4-13(12)15(20)21/h1-7,9,11H,8,10H2,(H,17,19)(H,20,21). The van der Waals surface area contributed by atoms with Gasteiger partial charge < -0.3 is 15.0 Å². The van der Waals surface area contributed by atoms with Crippen molar-refractivity contribution in [2.45, 2.75) is 6.54 Å². The Labute approximate surface area is 121 Å². The Kier molecular flexibility index (Phi) is 4.87. The van der Waals surface area contributed by atoms with E-state index in [-0.39, 0.29) is 11.5 Å². The molecule has 6 nitrogen and oxygen atoms in total. The van der Waals surface area contributed by atoms with Crippen molar-refractivity contribution < 1.29 is 14.7 Å². The third-order valence-electron chi connectivity index (χ3n) is 2.83. The van der Waals surface area contributed by atoms with E-state index in [1.54, 1.807) is 30.7 Å². The average Bonchev–Trinajstić information content (AvgIpc) is 2.98. The topological polar surface area (TPSA) is 84.2 Å². The number of imidazole rings is 1. The summed E-state index contributed by atoms with van der Waals surface area (Å²) >= 11 is 0. The van der Waals surface area contributed by atoms with Crippen LogP contribution < -0.4 is 5.32 Å². The summed E-state index contributed by atoms with van der Waals surface area (Å²) in [6.07, 6.45) is 7.98. The number of amides is 1. The lowest BCUT2D eigenvalue weighted by molar-refractivity contribution is -0.116. The second kappa shape index (κ2) is 7.04. The molecule has 108 valence electrons. The lowest BCUT2D eigenvalue weighted by Crippen LogP contribution is -2.25. The van der Waals surface area contributed by atoms with E-state index in [4.69, 9.17) is 5.11 Å². The number of hydrogen-bond acceptors (Lipinski definition) is 3. The maximum atomic E-state index is 11.7. The Morgan fingerprint density at radius 2 is 2.14 bits per heavy atom. The van der Waals surface area contributed by atoms with Gasteiger partial charge in [-0.05, 0) is 17.7 Å². The number of carboxylic acids is 1. The van der Waals surface area contributed by atoms with Gasteiger partial charge in [-0.25, -0.2) is 9.78 Å². The van der Waals surface area contributed by atoms with Gasteiger partial charge in [0.25, 0.3) is 0 Å². The zero-order chi connectivity index (χ0) is 15.1. The average molecular weight is 285 g/mol. The van der Waals surface area contributed by atoms with Gasteiger partial charge in [0.05, 0.1) is 11.9 Å². The molecule has 6 heteroatoms. The number of nitrogens with zero attached hydrogens (tertiary/aromatic N) is 2. The van der Waals surface area contributed by atoms with Crippen molar-refractivity contribution in [3.63, 3.8) is 0 Å². The molecule has 0 spiro atoms. The fraction of sp³-hybridized carbons (Fsp3) is 0.133. The Morgan fingerprint density at radius 1 is 1.33 bits per heavy atom. The quantitative estimate of drug-likeness (QED) is 0.786. The fourth-order valence-corrected chi connectivity index (χ4v) is 1.79. The first-order valence-corrected chi connectivity index (χ1v) is 6.41. The van der Waals surface area contributed by atoms with E-state index in [9.17, 15) is 9.59 Å². The van der Waals surface area contributed by atoms with Gasteiger partial charge in [-0.2, -0.15) is 0 Å². The highest BCUT2D eigenvalue weighted by molar-refractivity contribution is 5.96. The monoisotopic (exact) mass is 285 g/mol. The third-order valence-corrected chi connectivity index (χ3v) is 2.83. The molecule has 2 rings (SSSR count). The predicted octanol–water partition coefficient (Wildman–Crippen LogP) is 1.41. The minimum absolute atomic E-state index is 0.167. The Hall–Kier alpha value is -2.89. The SMILES string of the molecule is O=C(C=Cc1ccccc1C(=O)O)NCCn1ccnc1. The van der Waals surface area contributed by atoms with Crippen LogP contribution in [-0.2, 0) is 11.3 Å². The maximum Gasteiger partial charge on any atom is 0.336 e. The molecule has 0 bridgehead atoms. The van der Waals surface area contributed by atoms with E-state index < -0.39 is 5.97 Å². The summed E-state index contributed by atoms with van der Waals surface area (Å²) in [5, 5.41) is 11.8. The van der Waals surface area contributed by atoms with Gasteiger partial charge in [0, 0.05) is 31.6 Å². The molecule has 21 heavy (non-hydrogen) atoms. The third kappa shape index (κ3) is 4.31. The molecule has 0 saturated carbocycles. The molecule has 2 aromatic rings. The van der Waals surface area contributed by atoms with Gasteiger partial charge in [-0.15, -0.1) is 0 Å². The highest BCUT2D eigenvalue weighted by Crippen LogP contribution is 2.10. The van der Waals surface area contributed by atoms with Crippen LogP contribution in [0.25, 0.3) is 6.08 Å². The van der Waals surface area contributed by atoms with Crippen molar-refractivity contribution in [1.29, 1.82) is 0 Å². The molecule has 0 fully saturated rings. The van der Waals surface area contributed by atoms with Gasteiger partial charge in [0.15, 0.2) is 0 Å². The zero-order valence-electron chi connectivity index (χ0n) is 11.3.